The first kappa shape index (κ1) is 23.9. The van der Waals surface area contributed by atoms with E-state index in [0.29, 0.717) is 17.1 Å². The summed E-state index contributed by atoms with van der Waals surface area (Å²) in [7, 11) is 1.32. The third-order valence-corrected chi connectivity index (χ3v) is 5.02. The second-order valence-electron chi connectivity index (χ2n) is 7.43. The molecule has 3 rings (SSSR count). The molecule has 2 amide bonds. The standard InChI is InChI=1S/C23H23FN4O4S/c1-13(2)20(22(29)31-3)27-21(33)19-12-18(28-32-19)14-8-10-15(11-9-14)25-23(30)26-17-7-5-4-6-16(17)24/h4-13,20H,1-3H3,(H,27,33)(H2,25,26,30). The zero-order chi connectivity index (χ0) is 24.0. The molecule has 0 aliphatic carbocycles. The highest BCUT2D eigenvalue weighted by atomic mass is 32.1. The minimum Gasteiger partial charge on any atom is -0.467 e. The molecule has 1 aromatic heterocycles. The van der Waals surface area contributed by atoms with Crippen molar-refractivity contribution in [2.45, 2.75) is 19.9 Å². The molecule has 0 radical (unpaired) electrons. The third-order valence-electron chi connectivity index (χ3n) is 4.70. The van der Waals surface area contributed by atoms with Crippen molar-refractivity contribution in [2.24, 2.45) is 5.92 Å². The predicted octanol–water partition coefficient (Wildman–Crippen LogP) is 4.59. The van der Waals surface area contributed by atoms with Gasteiger partial charge >= 0.3 is 12.0 Å². The number of anilines is 2. The summed E-state index contributed by atoms with van der Waals surface area (Å²) < 4.78 is 23.8. The maximum atomic E-state index is 13.7. The van der Waals surface area contributed by atoms with Gasteiger partial charge in [0.05, 0.1) is 12.8 Å². The van der Waals surface area contributed by atoms with Gasteiger partial charge in [-0.25, -0.2) is 14.0 Å². The van der Waals surface area contributed by atoms with Gasteiger partial charge in [-0.2, -0.15) is 0 Å². The van der Waals surface area contributed by atoms with Crippen LogP contribution in [-0.2, 0) is 9.53 Å². The Balaban J connectivity index is 1.63. The molecule has 2 aromatic carbocycles. The predicted molar refractivity (Wildman–Crippen MR) is 126 cm³/mol. The minimum absolute atomic E-state index is 0.0478. The van der Waals surface area contributed by atoms with Crippen LogP contribution in [0.2, 0.25) is 0 Å². The van der Waals surface area contributed by atoms with Gasteiger partial charge in [0.2, 0.25) is 0 Å². The molecule has 0 spiro atoms. The number of hydrogen-bond donors (Lipinski definition) is 3. The van der Waals surface area contributed by atoms with Gasteiger partial charge in [-0.3, -0.25) is 0 Å². The van der Waals surface area contributed by atoms with E-state index >= 15 is 0 Å². The van der Waals surface area contributed by atoms with E-state index in [9.17, 15) is 14.0 Å². The van der Waals surface area contributed by atoms with Gasteiger partial charge in [0, 0.05) is 17.3 Å². The van der Waals surface area contributed by atoms with Crippen LogP contribution in [0.4, 0.5) is 20.6 Å². The molecule has 8 nitrogen and oxygen atoms in total. The van der Waals surface area contributed by atoms with Crippen molar-refractivity contribution in [3.8, 4) is 11.3 Å². The molecule has 0 aliphatic rings. The Morgan fingerprint density at radius 1 is 1.09 bits per heavy atom. The van der Waals surface area contributed by atoms with Crippen LogP contribution in [0.15, 0.2) is 59.1 Å². The number of amides is 2. The number of urea groups is 1. The lowest BCUT2D eigenvalue weighted by Gasteiger charge is -2.20. The fourth-order valence-electron chi connectivity index (χ4n) is 2.93. The summed E-state index contributed by atoms with van der Waals surface area (Å²) in [4.78, 5) is 24.3. The molecule has 10 heteroatoms. The van der Waals surface area contributed by atoms with Crippen molar-refractivity contribution in [1.82, 2.24) is 10.5 Å². The van der Waals surface area contributed by atoms with Crippen LogP contribution in [0, 0.1) is 11.7 Å². The van der Waals surface area contributed by atoms with Gasteiger partial charge in [-0.05, 0) is 30.2 Å². The molecule has 33 heavy (non-hydrogen) atoms. The Morgan fingerprint density at radius 2 is 1.79 bits per heavy atom. The maximum Gasteiger partial charge on any atom is 0.328 e. The normalized spacial score (nSPS) is 11.5. The fraction of sp³-hybridized carbons (Fsp3) is 0.217. The SMILES string of the molecule is COC(=O)C(NC(=S)c1cc(-c2ccc(NC(=O)Nc3ccccc3F)cc2)no1)C(C)C. The summed E-state index contributed by atoms with van der Waals surface area (Å²) >= 11 is 5.34. The Bertz CT molecular complexity index is 1150. The molecule has 1 heterocycles. The van der Waals surface area contributed by atoms with Gasteiger partial charge in [-0.1, -0.05) is 55.5 Å². The first-order valence-electron chi connectivity index (χ1n) is 10.1. The van der Waals surface area contributed by atoms with Crippen molar-refractivity contribution in [3.05, 3.63) is 66.2 Å². The van der Waals surface area contributed by atoms with Gasteiger partial charge in [0.25, 0.3) is 0 Å². The summed E-state index contributed by atoms with van der Waals surface area (Å²) in [6, 6.07) is 13.2. The smallest absolute Gasteiger partial charge is 0.328 e. The quantitative estimate of drug-likeness (QED) is 0.343. The number of nitrogens with one attached hydrogen (secondary N) is 3. The molecule has 0 aliphatic heterocycles. The number of carbonyl (C=O) groups excluding carboxylic acids is 2. The zero-order valence-corrected chi connectivity index (χ0v) is 19.0. The number of benzene rings is 2. The molecule has 1 atom stereocenters. The van der Waals surface area contributed by atoms with Crippen molar-refractivity contribution < 1.29 is 23.2 Å². The van der Waals surface area contributed by atoms with Crippen molar-refractivity contribution in [2.75, 3.05) is 17.7 Å². The number of esters is 1. The van der Waals surface area contributed by atoms with E-state index in [1.54, 1.807) is 36.4 Å². The molecule has 0 bridgehead atoms. The number of halogens is 1. The second kappa shape index (κ2) is 10.7. The van der Waals surface area contributed by atoms with Crippen LogP contribution in [0.3, 0.4) is 0 Å². The van der Waals surface area contributed by atoms with Crippen LogP contribution in [0.1, 0.15) is 19.6 Å². The van der Waals surface area contributed by atoms with E-state index < -0.39 is 23.9 Å². The lowest BCUT2D eigenvalue weighted by molar-refractivity contribution is -0.143. The maximum absolute atomic E-state index is 13.7. The summed E-state index contributed by atoms with van der Waals surface area (Å²) in [6.07, 6.45) is 0. The molecular weight excluding hydrogens is 447 g/mol. The second-order valence-corrected chi connectivity index (χ2v) is 7.84. The van der Waals surface area contributed by atoms with Crippen LogP contribution >= 0.6 is 12.2 Å². The lowest BCUT2D eigenvalue weighted by Crippen LogP contribution is -2.44. The average Bonchev–Trinajstić information content (AvgIpc) is 3.29. The number of hydrogen-bond acceptors (Lipinski definition) is 6. The van der Waals surface area contributed by atoms with Crippen LogP contribution in [-0.4, -0.2) is 35.3 Å². The van der Waals surface area contributed by atoms with Crippen LogP contribution < -0.4 is 16.0 Å². The Hall–Kier alpha value is -3.79. The molecule has 3 N–H and O–H groups in total. The number of thiocarbonyl (C=S) groups is 1. The van der Waals surface area contributed by atoms with E-state index in [2.05, 4.69) is 21.1 Å². The van der Waals surface area contributed by atoms with Gasteiger partial charge in [0.1, 0.15) is 22.5 Å². The van der Waals surface area contributed by atoms with E-state index in [1.165, 1.54) is 25.3 Å². The highest BCUT2D eigenvalue weighted by Crippen LogP contribution is 2.22. The lowest BCUT2D eigenvalue weighted by atomic mass is 10.0. The van der Waals surface area contributed by atoms with Crippen molar-refractivity contribution >= 4 is 40.6 Å². The van der Waals surface area contributed by atoms with Crippen molar-refractivity contribution in [3.63, 3.8) is 0 Å². The number of rotatable bonds is 7. The molecule has 1 unspecified atom stereocenters. The van der Waals surface area contributed by atoms with Gasteiger partial charge < -0.3 is 25.2 Å². The number of nitrogens with zero attached hydrogens (tertiary/aromatic N) is 1. The monoisotopic (exact) mass is 470 g/mol. The van der Waals surface area contributed by atoms with Crippen molar-refractivity contribution in [1.29, 1.82) is 0 Å². The third kappa shape index (κ3) is 6.13. The largest absolute Gasteiger partial charge is 0.467 e. The Kier molecular flexibility index (Phi) is 7.73. The molecule has 0 fully saturated rings. The van der Waals surface area contributed by atoms with E-state index in [0.717, 1.165) is 5.56 Å². The topological polar surface area (TPSA) is 105 Å². The van der Waals surface area contributed by atoms with E-state index in [1.807, 2.05) is 13.8 Å². The molecule has 0 saturated carbocycles. The van der Waals surface area contributed by atoms with Crippen LogP contribution in [0.25, 0.3) is 11.3 Å². The van der Waals surface area contributed by atoms with Gasteiger partial charge in [0.15, 0.2) is 5.76 Å². The number of aromatic nitrogens is 1. The zero-order valence-electron chi connectivity index (χ0n) is 18.2. The number of ether oxygens (including phenoxy) is 1. The van der Waals surface area contributed by atoms with E-state index in [-0.39, 0.29) is 16.6 Å². The number of para-hydroxylation sites is 1. The Morgan fingerprint density at radius 3 is 2.42 bits per heavy atom. The molecular formula is C23H23FN4O4S. The van der Waals surface area contributed by atoms with E-state index in [4.69, 9.17) is 21.5 Å². The summed E-state index contributed by atoms with van der Waals surface area (Å²) in [5, 5.41) is 12.0. The highest BCUT2D eigenvalue weighted by Gasteiger charge is 2.25. The molecule has 3 aromatic rings. The average molecular weight is 471 g/mol. The first-order chi connectivity index (χ1) is 15.8. The number of carbonyl (C=O) groups is 2. The molecule has 172 valence electrons. The van der Waals surface area contributed by atoms with Gasteiger partial charge in [-0.15, -0.1) is 0 Å². The highest BCUT2D eigenvalue weighted by molar-refractivity contribution is 7.80. The summed E-state index contributed by atoms with van der Waals surface area (Å²) in [6.45, 7) is 3.74. The summed E-state index contributed by atoms with van der Waals surface area (Å²) in [5.74, 6) is -0.688. The fourth-order valence-corrected chi connectivity index (χ4v) is 3.15. The summed E-state index contributed by atoms with van der Waals surface area (Å²) in [5.41, 5.74) is 1.83. The van der Waals surface area contributed by atoms with Crippen LogP contribution in [0.5, 0.6) is 0 Å². The Labute approximate surface area is 195 Å². The minimum atomic E-state index is -0.614. The first-order valence-corrected chi connectivity index (χ1v) is 10.5. The number of methoxy groups -OCH3 is 1. The molecule has 0 saturated heterocycles.